The average Bonchev–Trinajstić information content (AvgIpc) is 2.78. The van der Waals surface area contributed by atoms with Gasteiger partial charge in [0.2, 0.25) is 0 Å². The lowest BCUT2D eigenvalue weighted by Gasteiger charge is -2.43. The number of hydrogen-bond acceptors (Lipinski definition) is 3. The quantitative estimate of drug-likeness (QED) is 0.494. The van der Waals surface area contributed by atoms with E-state index in [0.29, 0.717) is 12.8 Å². The molecule has 0 spiro atoms. The number of nitrogens with zero attached hydrogens (tertiary/aromatic N) is 1. The van der Waals surface area contributed by atoms with Crippen LogP contribution < -0.4 is 5.32 Å². The van der Waals surface area contributed by atoms with Gasteiger partial charge >= 0.3 is 0 Å². The van der Waals surface area contributed by atoms with Gasteiger partial charge in [-0.2, -0.15) is 0 Å². The van der Waals surface area contributed by atoms with E-state index in [2.05, 4.69) is 34.5 Å². The smallest absolute Gasteiger partial charge is 0.0924 e. The Morgan fingerprint density at radius 2 is 1.39 bits per heavy atom. The molecule has 0 atom stereocenters. The molecule has 1 aliphatic rings. The minimum absolute atomic E-state index is 0.0560. The standard InChI is InChI=1S/C26H28Cl2N2O/c1-29-18-19-8-2-5-11-22(19)26(31)14-16-30(17-15-26)25(20-9-3-6-12-23(20)27)21-10-4-7-13-24(21)28/h2-13,25,29,31H,14-18H2,1H3. The average molecular weight is 455 g/mol. The fraction of sp³-hybridized carbons (Fsp3) is 0.308. The third-order valence-electron chi connectivity index (χ3n) is 6.28. The fourth-order valence-corrected chi connectivity index (χ4v) is 5.17. The van der Waals surface area contributed by atoms with Crippen molar-refractivity contribution in [1.29, 1.82) is 0 Å². The van der Waals surface area contributed by atoms with Gasteiger partial charge < -0.3 is 10.4 Å². The summed E-state index contributed by atoms with van der Waals surface area (Å²) in [7, 11) is 1.93. The summed E-state index contributed by atoms with van der Waals surface area (Å²) in [4.78, 5) is 2.39. The predicted molar refractivity (Wildman–Crippen MR) is 129 cm³/mol. The zero-order valence-corrected chi connectivity index (χ0v) is 19.2. The van der Waals surface area contributed by atoms with Crippen LogP contribution in [0.15, 0.2) is 72.8 Å². The summed E-state index contributed by atoms with van der Waals surface area (Å²) in [5.41, 5.74) is 3.41. The highest BCUT2D eigenvalue weighted by Crippen LogP contribution is 2.42. The first-order valence-corrected chi connectivity index (χ1v) is 11.5. The highest BCUT2D eigenvalue weighted by Gasteiger charge is 2.38. The minimum atomic E-state index is -0.838. The monoisotopic (exact) mass is 454 g/mol. The van der Waals surface area contributed by atoms with Crippen molar-refractivity contribution in [2.24, 2.45) is 0 Å². The molecule has 162 valence electrons. The van der Waals surface area contributed by atoms with E-state index < -0.39 is 5.60 Å². The van der Waals surface area contributed by atoms with Crippen LogP contribution in [0.3, 0.4) is 0 Å². The number of aliphatic hydroxyl groups is 1. The molecule has 2 N–H and O–H groups in total. The molecule has 0 bridgehead atoms. The zero-order chi connectivity index (χ0) is 21.8. The molecule has 1 aliphatic heterocycles. The van der Waals surface area contributed by atoms with Gasteiger partial charge in [0.15, 0.2) is 0 Å². The van der Waals surface area contributed by atoms with Gasteiger partial charge in [-0.1, -0.05) is 83.9 Å². The van der Waals surface area contributed by atoms with Crippen molar-refractivity contribution in [1.82, 2.24) is 10.2 Å². The van der Waals surface area contributed by atoms with Crippen molar-refractivity contribution in [2.75, 3.05) is 20.1 Å². The third kappa shape index (κ3) is 4.67. The second-order valence-electron chi connectivity index (χ2n) is 8.20. The van der Waals surface area contributed by atoms with Crippen molar-refractivity contribution < 1.29 is 5.11 Å². The summed E-state index contributed by atoms with van der Waals surface area (Å²) >= 11 is 13.2. The Morgan fingerprint density at radius 1 is 0.871 bits per heavy atom. The van der Waals surface area contributed by atoms with Crippen LogP contribution in [0.5, 0.6) is 0 Å². The topological polar surface area (TPSA) is 35.5 Å². The summed E-state index contributed by atoms with van der Waals surface area (Å²) in [5.74, 6) is 0. The van der Waals surface area contributed by atoms with Gasteiger partial charge in [-0.3, -0.25) is 4.90 Å². The van der Waals surface area contributed by atoms with E-state index in [1.54, 1.807) is 0 Å². The van der Waals surface area contributed by atoms with E-state index in [1.807, 2.05) is 55.6 Å². The number of rotatable bonds is 6. The summed E-state index contributed by atoms with van der Waals surface area (Å²) in [6, 6.07) is 24.0. The van der Waals surface area contributed by atoms with E-state index in [-0.39, 0.29) is 6.04 Å². The summed E-state index contributed by atoms with van der Waals surface area (Å²) < 4.78 is 0. The SMILES string of the molecule is CNCc1ccccc1C1(O)CCN(C(c2ccccc2Cl)c2ccccc2Cl)CC1. The van der Waals surface area contributed by atoms with Crippen LogP contribution >= 0.6 is 23.2 Å². The lowest BCUT2D eigenvalue weighted by molar-refractivity contribution is -0.0331. The Balaban J connectivity index is 1.65. The Morgan fingerprint density at radius 3 is 1.94 bits per heavy atom. The number of nitrogens with one attached hydrogen (secondary N) is 1. The van der Waals surface area contributed by atoms with Gasteiger partial charge in [-0.25, -0.2) is 0 Å². The highest BCUT2D eigenvalue weighted by molar-refractivity contribution is 6.32. The molecule has 3 aromatic carbocycles. The summed E-state index contributed by atoms with van der Waals surface area (Å²) in [6.07, 6.45) is 1.30. The molecule has 1 fully saturated rings. The lowest BCUT2D eigenvalue weighted by atomic mass is 9.81. The molecule has 0 saturated carbocycles. The Labute approximate surface area is 194 Å². The third-order valence-corrected chi connectivity index (χ3v) is 6.96. The lowest BCUT2D eigenvalue weighted by Crippen LogP contribution is -2.45. The first-order valence-electron chi connectivity index (χ1n) is 10.7. The first-order chi connectivity index (χ1) is 15.0. The Bertz CT molecular complexity index is 986. The molecule has 31 heavy (non-hydrogen) atoms. The Hall–Kier alpha value is -1.88. The second-order valence-corrected chi connectivity index (χ2v) is 9.01. The van der Waals surface area contributed by atoms with Crippen LogP contribution in [0, 0.1) is 0 Å². The van der Waals surface area contributed by atoms with Crippen LogP contribution in [0.25, 0.3) is 0 Å². The van der Waals surface area contributed by atoms with E-state index in [9.17, 15) is 5.11 Å². The van der Waals surface area contributed by atoms with E-state index in [4.69, 9.17) is 23.2 Å². The van der Waals surface area contributed by atoms with Gasteiger partial charge in [-0.05, 0) is 54.3 Å². The molecular formula is C26H28Cl2N2O. The number of hydrogen-bond donors (Lipinski definition) is 2. The van der Waals surface area contributed by atoms with Gasteiger partial charge in [0, 0.05) is 29.7 Å². The molecule has 0 radical (unpaired) electrons. The minimum Gasteiger partial charge on any atom is -0.385 e. The fourth-order valence-electron chi connectivity index (χ4n) is 4.69. The van der Waals surface area contributed by atoms with Crippen molar-refractivity contribution >= 4 is 23.2 Å². The number of halogens is 2. The van der Waals surface area contributed by atoms with Gasteiger partial charge in [0.05, 0.1) is 11.6 Å². The van der Waals surface area contributed by atoms with Gasteiger partial charge in [0.1, 0.15) is 0 Å². The molecule has 0 aromatic heterocycles. The maximum Gasteiger partial charge on any atom is 0.0924 e. The van der Waals surface area contributed by atoms with Gasteiger partial charge in [0.25, 0.3) is 0 Å². The molecule has 0 amide bonds. The summed E-state index contributed by atoms with van der Waals surface area (Å²) in [5, 5.41) is 16.3. The normalized spacial score (nSPS) is 16.5. The first kappa shape index (κ1) is 22.3. The van der Waals surface area contributed by atoms with Gasteiger partial charge in [-0.15, -0.1) is 0 Å². The Kier molecular flexibility index (Phi) is 7.00. The maximum atomic E-state index is 11.6. The van der Waals surface area contributed by atoms with Crippen molar-refractivity contribution in [3.63, 3.8) is 0 Å². The molecule has 1 heterocycles. The van der Waals surface area contributed by atoms with E-state index >= 15 is 0 Å². The number of piperidine rings is 1. The van der Waals surface area contributed by atoms with E-state index in [1.165, 1.54) is 0 Å². The van der Waals surface area contributed by atoms with Crippen LogP contribution in [0.1, 0.15) is 41.1 Å². The second kappa shape index (κ2) is 9.72. The molecule has 1 saturated heterocycles. The largest absolute Gasteiger partial charge is 0.385 e. The number of likely N-dealkylation sites (tertiary alicyclic amines) is 1. The van der Waals surface area contributed by atoms with Crippen LogP contribution in [0.4, 0.5) is 0 Å². The van der Waals surface area contributed by atoms with Crippen molar-refractivity contribution in [3.05, 3.63) is 105 Å². The van der Waals surface area contributed by atoms with Crippen LogP contribution in [-0.4, -0.2) is 30.1 Å². The molecule has 3 nitrogen and oxygen atoms in total. The molecule has 3 aromatic rings. The molecule has 0 aliphatic carbocycles. The van der Waals surface area contributed by atoms with E-state index in [0.717, 1.165) is 51.9 Å². The predicted octanol–water partition coefficient (Wildman–Crippen LogP) is 5.79. The van der Waals surface area contributed by atoms with Crippen LogP contribution in [-0.2, 0) is 12.1 Å². The molecule has 0 unspecified atom stereocenters. The van der Waals surface area contributed by atoms with Crippen LogP contribution in [0.2, 0.25) is 10.0 Å². The maximum absolute atomic E-state index is 11.6. The molecular weight excluding hydrogens is 427 g/mol. The van der Waals surface area contributed by atoms with Crippen molar-refractivity contribution in [3.8, 4) is 0 Å². The zero-order valence-electron chi connectivity index (χ0n) is 17.7. The number of benzene rings is 3. The molecule has 4 rings (SSSR count). The van der Waals surface area contributed by atoms with Crippen molar-refractivity contribution in [2.45, 2.75) is 31.0 Å². The highest BCUT2D eigenvalue weighted by atomic mass is 35.5. The molecule has 5 heteroatoms. The summed E-state index contributed by atoms with van der Waals surface area (Å²) in [6.45, 7) is 2.22.